The molecule has 0 spiro atoms. The fraction of sp³-hybridized carbons (Fsp3) is 0.167. The lowest BCUT2D eigenvalue weighted by Gasteiger charge is -2.30. The largest absolute Gasteiger partial charge is 0.364 e. The van der Waals surface area contributed by atoms with Crippen LogP contribution in [0.3, 0.4) is 0 Å². The van der Waals surface area contributed by atoms with Gasteiger partial charge in [0.15, 0.2) is 17.2 Å². The van der Waals surface area contributed by atoms with E-state index in [9.17, 15) is 5.26 Å². The first-order valence-corrected chi connectivity index (χ1v) is 8.80. The van der Waals surface area contributed by atoms with Crippen LogP contribution in [-0.2, 0) is 11.3 Å². The van der Waals surface area contributed by atoms with Gasteiger partial charge in [0, 0.05) is 30.9 Å². The number of nitriles is 2. The minimum atomic E-state index is 0.135. The summed E-state index contributed by atoms with van der Waals surface area (Å²) in [5, 5.41) is 19.2. The standard InChI is InChI=1S/C18H13N7OS/c1-26-11-25-14-6-12(9-24-10-23-13(7-19)15(24)8-20)2-3-16(14)27-18-17(25)21-4-5-22-18/h2-6,10H,9,11H2,1H3. The molecule has 8 nitrogen and oxygen atoms in total. The van der Waals surface area contributed by atoms with Gasteiger partial charge in [-0.2, -0.15) is 10.5 Å². The van der Waals surface area contributed by atoms with Crippen molar-refractivity contribution in [2.75, 3.05) is 18.7 Å². The van der Waals surface area contributed by atoms with Gasteiger partial charge >= 0.3 is 0 Å². The van der Waals surface area contributed by atoms with Crippen molar-refractivity contribution < 1.29 is 4.74 Å². The number of methoxy groups -OCH3 is 1. The van der Waals surface area contributed by atoms with Gasteiger partial charge in [0.1, 0.15) is 23.9 Å². The third-order valence-corrected chi connectivity index (χ3v) is 5.13. The zero-order chi connectivity index (χ0) is 18.8. The van der Waals surface area contributed by atoms with Crippen molar-refractivity contribution in [1.82, 2.24) is 19.5 Å². The third kappa shape index (κ3) is 2.99. The second-order valence-electron chi connectivity index (χ2n) is 5.73. The van der Waals surface area contributed by atoms with E-state index in [2.05, 4.69) is 15.0 Å². The first-order valence-electron chi connectivity index (χ1n) is 7.98. The highest BCUT2D eigenvalue weighted by molar-refractivity contribution is 7.99. The fourth-order valence-corrected chi connectivity index (χ4v) is 3.90. The quantitative estimate of drug-likeness (QED) is 0.685. The summed E-state index contributed by atoms with van der Waals surface area (Å²) in [6.45, 7) is 0.777. The molecule has 0 unspecified atom stereocenters. The molecule has 9 heteroatoms. The van der Waals surface area contributed by atoms with Gasteiger partial charge in [-0.25, -0.2) is 15.0 Å². The number of benzene rings is 1. The van der Waals surface area contributed by atoms with Gasteiger partial charge in [-0.15, -0.1) is 0 Å². The Morgan fingerprint density at radius 2 is 2.00 bits per heavy atom. The summed E-state index contributed by atoms with van der Waals surface area (Å²) < 4.78 is 7.03. The van der Waals surface area contributed by atoms with Crippen LogP contribution < -0.4 is 4.90 Å². The molecular formula is C18H13N7OS. The van der Waals surface area contributed by atoms with E-state index >= 15 is 0 Å². The van der Waals surface area contributed by atoms with E-state index in [4.69, 9.17) is 10.00 Å². The molecule has 132 valence electrons. The van der Waals surface area contributed by atoms with Crippen LogP contribution in [0.1, 0.15) is 17.0 Å². The molecule has 0 saturated heterocycles. The second kappa shape index (κ2) is 7.08. The minimum Gasteiger partial charge on any atom is -0.364 e. The molecule has 0 radical (unpaired) electrons. The summed E-state index contributed by atoms with van der Waals surface area (Å²) in [6, 6.07) is 10.0. The van der Waals surface area contributed by atoms with Crippen LogP contribution in [0.25, 0.3) is 0 Å². The van der Waals surface area contributed by atoms with Crippen LogP contribution in [0.15, 0.2) is 46.8 Å². The predicted molar refractivity (Wildman–Crippen MR) is 97.4 cm³/mol. The Hall–Kier alpha value is -3.40. The van der Waals surface area contributed by atoms with Gasteiger partial charge in [0.05, 0.1) is 12.0 Å². The van der Waals surface area contributed by atoms with Crippen LogP contribution in [0.2, 0.25) is 0 Å². The summed E-state index contributed by atoms with van der Waals surface area (Å²) >= 11 is 1.56. The number of aromatic nitrogens is 4. The summed E-state index contributed by atoms with van der Waals surface area (Å²) in [7, 11) is 1.63. The third-order valence-electron chi connectivity index (χ3n) is 4.08. The molecule has 3 heterocycles. The minimum absolute atomic E-state index is 0.135. The van der Waals surface area contributed by atoms with E-state index in [-0.39, 0.29) is 11.4 Å². The summed E-state index contributed by atoms with van der Waals surface area (Å²) in [6.07, 6.45) is 4.84. The van der Waals surface area contributed by atoms with Gasteiger partial charge in [-0.1, -0.05) is 17.8 Å². The highest BCUT2D eigenvalue weighted by Gasteiger charge is 2.26. The number of ether oxygens (including phenoxy) is 1. The lowest BCUT2D eigenvalue weighted by Crippen LogP contribution is -2.24. The van der Waals surface area contributed by atoms with Gasteiger partial charge in [0.25, 0.3) is 0 Å². The Labute approximate surface area is 159 Å². The van der Waals surface area contributed by atoms with Gasteiger partial charge < -0.3 is 9.30 Å². The van der Waals surface area contributed by atoms with E-state index in [1.54, 1.807) is 35.8 Å². The number of nitrogens with zero attached hydrogens (tertiary/aromatic N) is 7. The number of anilines is 2. The molecule has 0 fully saturated rings. The van der Waals surface area contributed by atoms with Crippen LogP contribution in [0, 0.1) is 22.7 Å². The van der Waals surface area contributed by atoms with Gasteiger partial charge in [-0.05, 0) is 17.7 Å². The molecule has 0 amide bonds. The van der Waals surface area contributed by atoms with Gasteiger partial charge in [-0.3, -0.25) is 4.90 Å². The van der Waals surface area contributed by atoms with E-state index < -0.39 is 0 Å². The Bertz CT molecular complexity index is 1100. The average molecular weight is 375 g/mol. The summed E-state index contributed by atoms with van der Waals surface area (Å²) in [5.41, 5.74) is 2.33. The number of hydrogen-bond donors (Lipinski definition) is 0. The van der Waals surface area contributed by atoms with Crippen molar-refractivity contribution >= 4 is 23.3 Å². The molecule has 0 aliphatic carbocycles. The monoisotopic (exact) mass is 375 g/mol. The molecule has 3 aromatic rings. The van der Waals surface area contributed by atoms with Crippen LogP contribution in [-0.4, -0.2) is 33.4 Å². The Morgan fingerprint density at radius 1 is 1.15 bits per heavy atom. The number of imidazole rings is 1. The second-order valence-corrected chi connectivity index (χ2v) is 6.76. The normalized spacial score (nSPS) is 12.0. The number of hydrogen-bond acceptors (Lipinski definition) is 8. The van der Waals surface area contributed by atoms with Crippen LogP contribution >= 0.6 is 11.8 Å². The average Bonchev–Trinajstić information content (AvgIpc) is 3.09. The molecule has 1 aromatic carbocycles. The van der Waals surface area contributed by atoms with E-state index in [0.717, 1.165) is 27.0 Å². The molecule has 27 heavy (non-hydrogen) atoms. The van der Waals surface area contributed by atoms with E-state index in [1.807, 2.05) is 35.2 Å². The first kappa shape index (κ1) is 17.0. The van der Waals surface area contributed by atoms with Crippen molar-refractivity contribution in [3.8, 4) is 12.1 Å². The lowest BCUT2D eigenvalue weighted by atomic mass is 10.1. The highest BCUT2D eigenvalue weighted by Crippen LogP contribution is 2.46. The lowest BCUT2D eigenvalue weighted by molar-refractivity contribution is 0.204. The van der Waals surface area contributed by atoms with E-state index in [0.29, 0.717) is 13.3 Å². The highest BCUT2D eigenvalue weighted by atomic mass is 32.2. The SMILES string of the molecule is COCN1c2cc(Cn3cnc(C#N)c3C#N)ccc2Sc2nccnc21. The molecule has 0 atom stereocenters. The smallest absolute Gasteiger partial charge is 0.176 e. The van der Waals surface area contributed by atoms with Crippen molar-refractivity contribution in [2.45, 2.75) is 16.5 Å². The van der Waals surface area contributed by atoms with Gasteiger partial charge in [0.2, 0.25) is 0 Å². The fourth-order valence-electron chi connectivity index (χ4n) is 2.91. The van der Waals surface area contributed by atoms with Crippen molar-refractivity contribution in [2.24, 2.45) is 0 Å². The number of rotatable bonds is 4. The maximum atomic E-state index is 9.31. The molecular weight excluding hydrogens is 362 g/mol. The topological polar surface area (TPSA) is 104 Å². The van der Waals surface area contributed by atoms with Crippen LogP contribution in [0.5, 0.6) is 0 Å². The first-order chi connectivity index (χ1) is 13.2. The Morgan fingerprint density at radius 3 is 2.78 bits per heavy atom. The van der Waals surface area contributed by atoms with E-state index in [1.165, 1.54) is 6.33 Å². The van der Waals surface area contributed by atoms with Crippen molar-refractivity contribution in [1.29, 1.82) is 10.5 Å². The molecule has 0 bridgehead atoms. The van der Waals surface area contributed by atoms with Crippen LogP contribution in [0.4, 0.5) is 11.5 Å². The number of fused-ring (bicyclic) bond motifs is 2. The predicted octanol–water partition coefficient (Wildman–Crippen LogP) is 2.67. The summed E-state index contributed by atoms with van der Waals surface area (Å²) in [4.78, 5) is 15.9. The maximum Gasteiger partial charge on any atom is 0.176 e. The van der Waals surface area contributed by atoms with Crippen molar-refractivity contribution in [3.05, 3.63) is 53.9 Å². The van der Waals surface area contributed by atoms with Crippen molar-refractivity contribution in [3.63, 3.8) is 0 Å². The molecule has 1 aliphatic heterocycles. The summed E-state index contributed by atoms with van der Waals surface area (Å²) in [5.74, 6) is 0.751. The maximum absolute atomic E-state index is 9.31. The Kier molecular flexibility index (Phi) is 4.47. The molecule has 4 rings (SSSR count). The zero-order valence-electron chi connectivity index (χ0n) is 14.3. The molecule has 2 aromatic heterocycles. The molecule has 0 N–H and O–H groups in total. The molecule has 1 aliphatic rings. The molecule has 0 saturated carbocycles. The zero-order valence-corrected chi connectivity index (χ0v) is 15.1. The Balaban J connectivity index is 1.72.